The molecule has 0 saturated heterocycles. The van der Waals surface area contributed by atoms with Gasteiger partial charge < -0.3 is 10.3 Å². The van der Waals surface area contributed by atoms with E-state index < -0.39 is 0 Å². The number of carbonyl (C=O) groups excluding carboxylic acids is 1. The summed E-state index contributed by atoms with van der Waals surface area (Å²) in [5.41, 5.74) is 1.02. The standard InChI is InChI=1S/C18H12BrClN4O2S2/c19-11-5-13(17(25)22-7-11)14-6-16(21-8-12-1-2-15(20)28-12)24(23-14)18(26)10-3-4-27-9-10/h1-7,9,21H,8H2,(H,22,25). The van der Waals surface area contributed by atoms with E-state index in [9.17, 15) is 9.59 Å². The number of halogens is 2. The van der Waals surface area contributed by atoms with E-state index in [0.29, 0.717) is 38.0 Å². The molecule has 4 rings (SSSR count). The number of aromatic nitrogens is 3. The van der Waals surface area contributed by atoms with Crippen molar-refractivity contribution in [2.24, 2.45) is 0 Å². The van der Waals surface area contributed by atoms with Crippen LogP contribution in [0.4, 0.5) is 5.82 Å². The fourth-order valence-corrected chi connectivity index (χ4v) is 4.57. The highest BCUT2D eigenvalue weighted by molar-refractivity contribution is 9.10. The monoisotopic (exact) mass is 494 g/mol. The molecule has 4 heterocycles. The number of nitrogens with zero attached hydrogens (tertiary/aromatic N) is 2. The van der Waals surface area contributed by atoms with Gasteiger partial charge in [-0.25, -0.2) is 0 Å². The zero-order valence-electron chi connectivity index (χ0n) is 14.1. The molecule has 0 atom stereocenters. The fourth-order valence-electron chi connectivity index (χ4n) is 2.57. The van der Waals surface area contributed by atoms with E-state index in [4.69, 9.17) is 11.6 Å². The summed E-state index contributed by atoms with van der Waals surface area (Å²) in [5.74, 6) is 0.223. The van der Waals surface area contributed by atoms with E-state index in [1.165, 1.54) is 27.4 Å². The first-order valence-electron chi connectivity index (χ1n) is 8.05. The van der Waals surface area contributed by atoms with Gasteiger partial charge in [0.2, 0.25) is 0 Å². The minimum atomic E-state index is -0.285. The van der Waals surface area contributed by atoms with E-state index in [1.807, 2.05) is 17.5 Å². The number of rotatable bonds is 5. The minimum absolute atomic E-state index is 0.273. The van der Waals surface area contributed by atoms with E-state index in [1.54, 1.807) is 29.8 Å². The normalized spacial score (nSPS) is 10.9. The molecule has 0 radical (unpaired) electrons. The number of thiophene rings is 2. The third kappa shape index (κ3) is 3.97. The molecule has 4 aromatic heterocycles. The van der Waals surface area contributed by atoms with Gasteiger partial charge in [-0.15, -0.1) is 11.3 Å². The molecule has 6 nitrogen and oxygen atoms in total. The predicted molar refractivity (Wildman–Crippen MR) is 117 cm³/mol. The van der Waals surface area contributed by atoms with Crippen LogP contribution in [0.1, 0.15) is 15.2 Å². The number of hydrogen-bond donors (Lipinski definition) is 2. The van der Waals surface area contributed by atoms with Crippen molar-refractivity contribution in [2.45, 2.75) is 6.54 Å². The number of hydrogen-bond acceptors (Lipinski definition) is 6. The Bertz CT molecular complexity index is 1200. The molecule has 0 aliphatic heterocycles. The number of nitrogens with one attached hydrogen (secondary N) is 2. The molecule has 0 fully saturated rings. The molecule has 10 heteroatoms. The maximum atomic E-state index is 12.9. The van der Waals surface area contributed by atoms with Crippen LogP contribution in [0, 0.1) is 0 Å². The van der Waals surface area contributed by atoms with Gasteiger partial charge in [0.25, 0.3) is 11.5 Å². The van der Waals surface area contributed by atoms with E-state index in [0.717, 1.165) is 4.88 Å². The summed E-state index contributed by atoms with van der Waals surface area (Å²) in [4.78, 5) is 28.8. The summed E-state index contributed by atoms with van der Waals surface area (Å²) in [5, 5.41) is 11.2. The van der Waals surface area contributed by atoms with Crippen LogP contribution < -0.4 is 10.9 Å². The third-order valence-corrected chi connectivity index (χ3v) is 6.26. The van der Waals surface area contributed by atoms with Crippen molar-refractivity contribution in [3.05, 3.63) is 76.9 Å². The highest BCUT2D eigenvalue weighted by Gasteiger charge is 2.19. The molecule has 0 spiro atoms. The number of anilines is 1. The van der Waals surface area contributed by atoms with E-state index in [-0.39, 0.29) is 11.5 Å². The van der Waals surface area contributed by atoms with Crippen molar-refractivity contribution in [1.29, 1.82) is 0 Å². The highest BCUT2D eigenvalue weighted by atomic mass is 79.9. The van der Waals surface area contributed by atoms with Gasteiger partial charge in [0.1, 0.15) is 11.5 Å². The Morgan fingerprint density at radius 2 is 2.18 bits per heavy atom. The first-order chi connectivity index (χ1) is 13.5. The molecule has 0 bridgehead atoms. The number of aromatic amines is 1. The molecule has 142 valence electrons. The second-order valence-electron chi connectivity index (χ2n) is 5.76. The van der Waals surface area contributed by atoms with Gasteiger partial charge in [-0.2, -0.15) is 21.1 Å². The molecule has 0 aliphatic carbocycles. The summed E-state index contributed by atoms with van der Waals surface area (Å²) in [6.45, 7) is 0.480. The molecule has 0 amide bonds. The summed E-state index contributed by atoms with van der Waals surface area (Å²) in [6.07, 6.45) is 1.55. The highest BCUT2D eigenvalue weighted by Crippen LogP contribution is 2.25. The molecule has 0 saturated carbocycles. The second-order valence-corrected chi connectivity index (χ2v) is 9.26. The Morgan fingerprint density at radius 1 is 1.32 bits per heavy atom. The average Bonchev–Trinajstić information content (AvgIpc) is 3.42. The van der Waals surface area contributed by atoms with Crippen molar-refractivity contribution < 1.29 is 4.79 Å². The van der Waals surface area contributed by atoms with Crippen molar-refractivity contribution in [2.75, 3.05) is 5.32 Å². The molecule has 2 N–H and O–H groups in total. The number of pyridine rings is 1. The zero-order chi connectivity index (χ0) is 19.7. The Balaban J connectivity index is 1.73. The quantitative estimate of drug-likeness (QED) is 0.405. The Labute approximate surface area is 180 Å². The van der Waals surface area contributed by atoms with Crippen LogP contribution in [-0.4, -0.2) is 20.7 Å². The zero-order valence-corrected chi connectivity index (χ0v) is 18.1. The molecule has 28 heavy (non-hydrogen) atoms. The Hall–Kier alpha value is -2.20. The smallest absolute Gasteiger partial charge is 0.280 e. The third-order valence-electron chi connectivity index (χ3n) is 3.89. The SMILES string of the molecule is O=C(c1ccsc1)n1nc(-c2cc(Br)c[nH]c2=O)cc1NCc1ccc(Cl)s1. The Morgan fingerprint density at radius 3 is 2.89 bits per heavy atom. The molecule has 0 unspecified atom stereocenters. The fraction of sp³-hybridized carbons (Fsp3) is 0.0556. The van der Waals surface area contributed by atoms with Gasteiger partial charge in [-0.3, -0.25) is 9.59 Å². The topological polar surface area (TPSA) is 79.8 Å². The van der Waals surface area contributed by atoms with Crippen LogP contribution >= 0.6 is 50.2 Å². The largest absolute Gasteiger partial charge is 0.365 e. The molecule has 0 aromatic carbocycles. The number of carbonyl (C=O) groups is 1. The Kier molecular flexibility index (Phi) is 5.49. The average molecular weight is 496 g/mol. The lowest BCUT2D eigenvalue weighted by molar-refractivity contribution is 0.0948. The van der Waals surface area contributed by atoms with Gasteiger partial charge in [-0.1, -0.05) is 11.6 Å². The van der Waals surface area contributed by atoms with Gasteiger partial charge in [0.15, 0.2) is 0 Å². The second kappa shape index (κ2) is 8.04. The molecule has 0 aliphatic rings. The van der Waals surface area contributed by atoms with Crippen LogP contribution in [-0.2, 0) is 6.54 Å². The van der Waals surface area contributed by atoms with E-state index >= 15 is 0 Å². The minimum Gasteiger partial charge on any atom is -0.365 e. The van der Waals surface area contributed by atoms with Crippen LogP contribution in [0.15, 0.2) is 56.6 Å². The van der Waals surface area contributed by atoms with Gasteiger partial charge in [-0.05, 0) is 45.6 Å². The van der Waals surface area contributed by atoms with Crippen LogP contribution in [0.3, 0.4) is 0 Å². The van der Waals surface area contributed by atoms with Crippen LogP contribution in [0.2, 0.25) is 4.34 Å². The summed E-state index contributed by atoms with van der Waals surface area (Å²) < 4.78 is 2.69. The lowest BCUT2D eigenvalue weighted by atomic mass is 10.2. The first kappa shape index (κ1) is 19.1. The van der Waals surface area contributed by atoms with Crippen LogP contribution in [0.25, 0.3) is 11.3 Å². The lowest BCUT2D eigenvalue weighted by Crippen LogP contribution is -2.16. The lowest BCUT2D eigenvalue weighted by Gasteiger charge is -2.07. The van der Waals surface area contributed by atoms with Crippen molar-refractivity contribution in [1.82, 2.24) is 14.8 Å². The van der Waals surface area contributed by atoms with Crippen molar-refractivity contribution in [3.8, 4) is 11.3 Å². The first-order valence-corrected chi connectivity index (χ1v) is 11.0. The van der Waals surface area contributed by atoms with Crippen molar-refractivity contribution in [3.63, 3.8) is 0 Å². The summed E-state index contributed by atoms with van der Waals surface area (Å²) in [7, 11) is 0. The molecule has 4 aromatic rings. The summed E-state index contributed by atoms with van der Waals surface area (Å²) >= 11 is 12.2. The number of H-pyrrole nitrogens is 1. The maximum absolute atomic E-state index is 12.9. The van der Waals surface area contributed by atoms with Gasteiger partial charge >= 0.3 is 0 Å². The van der Waals surface area contributed by atoms with Gasteiger partial charge in [0, 0.05) is 27.0 Å². The molecular formula is C18H12BrClN4O2S2. The summed E-state index contributed by atoms with van der Waals surface area (Å²) in [6, 6.07) is 8.84. The molecular weight excluding hydrogens is 484 g/mol. The predicted octanol–water partition coefficient (Wildman–Crippen LogP) is 5.08. The maximum Gasteiger partial charge on any atom is 0.280 e. The van der Waals surface area contributed by atoms with Crippen molar-refractivity contribution >= 4 is 61.9 Å². The van der Waals surface area contributed by atoms with E-state index in [2.05, 4.69) is 31.3 Å². The van der Waals surface area contributed by atoms with Crippen LogP contribution in [0.5, 0.6) is 0 Å². The van der Waals surface area contributed by atoms with Gasteiger partial charge in [0.05, 0.1) is 22.0 Å².